The van der Waals surface area contributed by atoms with Crippen LogP contribution in [0.1, 0.15) is 120 Å². The van der Waals surface area contributed by atoms with E-state index in [9.17, 15) is 4.79 Å². The quantitative estimate of drug-likeness (QED) is 0.136. The SMILES string of the molecule is CC(C)(C)CCCCCCCCCCCCCCNc1ccc(C(=O)Oc2ccc(C#N)cc2)cc1. The molecule has 0 radical (unpaired) electrons. The number of nitriles is 1. The molecule has 0 aliphatic carbocycles. The molecule has 0 fully saturated rings. The lowest BCUT2D eigenvalue weighted by Crippen LogP contribution is -2.08. The standard InChI is InChI=1S/C32H46N2O2/c1-32(2,3)24-14-12-10-8-6-4-5-7-9-11-13-15-25-34-29-20-18-28(19-21-29)31(35)36-30-22-16-27(26-33)17-23-30/h16-23,34H,4-15,24-25H2,1-3H3. The van der Waals surface area contributed by atoms with E-state index in [-0.39, 0.29) is 0 Å². The molecule has 2 aromatic rings. The summed E-state index contributed by atoms with van der Waals surface area (Å²) in [6.07, 6.45) is 17.6. The number of hydrogen-bond acceptors (Lipinski definition) is 4. The minimum Gasteiger partial charge on any atom is -0.423 e. The zero-order valence-electron chi connectivity index (χ0n) is 22.8. The number of benzene rings is 2. The van der Waals surface area contributed by atoms with Gasteiger partial charge in [-0.25, -0.2) is 4.79 Å². The molecule has 2 rings (SSSR count). The van der Waals surface area contributed by atoms with E-state index in [0.717, 1.165) is 18.7 Å². The average molecular weight is 491 g/mol. The number of carbonyl (C=O) groups excluding carboxylic acids is 1. The molecule has 4 nitrogen and oxygen atoms in total. The van der Waals surface area contributed by atoms with Crippen molar-refractivity contribution in [3.05, 3.63) is 59.7 Å². The van der Waals surface area contributed by atoms with Gasteiger partial charge in [0.25, 0.3) is 0 Å². The van der Waals surface area contributed by atoms with Gasteiger partial charge in [-0.1, -0.05) is 91.4 Å². The fourth-order valence-corrected chi connectivity index (χ4v) is 4.27. The third-order valence-corrected chi connectivity index (χ3v) is 6.50. The molecule has 0 saturated heterocycles. The summed E-state index contributed by atoms with van der Waals surface area (Å²) in [7, 11) is 0. The minimum atomic E-state index is -0.401. The van der Waals surface area contributed by atoms with Crippen molar-refractivity contribution in [1.82, 2.24) is 0 Å². The maximum Gasteiger partial charge on any atom is 0.343 e. The second-order valence-electron chi connectivity index (χ2n) is 11.1. The number of nitrogens with one attached hydrogen (secondary N) is 1. The van der Waals surface area contributed by atoms with Crippen molar-refractivity contribution in [3.8, 4) is 11.8 Å². The second-order valence-corrected chi connectivity index (χ2v) is 11.1. The largest absolute Gasteiger partial charge is 0.423 e. The van der Waals surface area contributed by atoms with Gasteiger partial charge in [-0.2, -0.15) is 5.26 Å². The molecule has 0 aliphatic rings. The lowest BCUT2D eigenvalue weighted by molar-refractivity contribution is 0.0735. The number of rotatable bonds is 17. The van der Waals surface area contributed by atoms with Gasteiger partial charge in [-0.15, -0.1) is 0 Å². The Balaban J connectivity index is 1.44. The number of unbranched alkanes of at least 4 members (excludes halogenated alkanes) is 11. The predicted molar refractivity (Wildman–Crippen MR) is 151 cm³/mol. The van der Waals surface area contributed by atoms with Gasteiger partial charge in [0.2, 0.25) is 0 Å². The summed E-state index contributed by atoms with van der Waals surface area (Å²) >= 11 is 0. The van der Waals surface area contributed by atoms with E-state index >= 15 is 0 Å². The number of nitrogens with zero attached hydrogens (tertiary/aromatic N) is 1. The van der Waals surface area contributed by atoms with Crippen LogP contribution in [-0.4, -0.2) is 12.5 Å². The Hall–Kier alpha value is -2.80. The van der Waals surface area contributed by atoms with Gasteiger partial charge in [0, 0.05) is 12.2 Å². The Morgan fingerprint density at radius 3 is 1.75 bits per heavy atom. The van der Waals surface area contributed by atoms with E-state index in [1.165, 1.54) is 77.0 Å². The minimum absolute atomic E-state index is 0.401. The van der Waals surface area contributed by atoms with E-state index in [1.54, 1.807) is 36.4 Å². The topological polar surface area (TPSA) is 62.1 Å². The molecule has 4 heteroatoms. The molecular formula is C32H46N2O2. The molecule has 36 heavy (non-hydrogen) atoms. The van der Waals surface area contributed by atoms with E-state index in [1.807, 2.05) is 18.2 Å². The highest BCUT2D eigenvalue weighted by molar-refractivity contribution is 5.91. The van der Waals surface area contributed by atoms with Gasteiger partial charge in [0.05, 0.1) is 17.2 Å². The van der Waals surface area contributed by atoms with Crippen molar-refractivity contribution in [1.29, 1.82) is 5.26 Å². The zero-order chi connectivity index (χ0) is 26.1. The summed E-state index contributed by atoms with van der Waals surface area (Å²) in [5.41, 5.74) is 2.55. The zero-order valence-corrected chi connectivity index (χ0v) is 22.8. The maximum absolute atomic E-state index is 12.3. The molecule has 0 atom stereocenters. The first-order valence-corrected chi connectivity index (χ1v) is 13.9. The molecule has 0 aliphatic heterocycles. The Bertz CT molecular complexity index is 905. The van der Waals surface area contributed by atoms with E-state index in [4.69, 9.17) is 10.00 Å². The third kappa shape index (κ3) is 13.3. The summed E-state index contributed by atoms with van der Waals surface area (Å²) in [5.74, 6) is 0.0330. The van der Waals surface area contributed by atoms with Crippen molar-refractivity contribution >= 4 is 11.7 Å². The van der Waals surface area contributed by atoms with Gasteiger partial charge < -0.3 is 10.1 Å². The second kappa shape index (κ2) is 16.8. The Morgan fingerprint density at radius 2 is 1.25 bits per heavy atom. The average Bonchev–Trinajstić information content (AvgIpc) is 2.86. The third-order valence-electron chi connectivity index (χ3n) is 6.50. The highest BCUT2D eigenvalue weighted by atomic mass is 16.5. The molecule has 1 N–H and O–H groups in total. The first kappa shape index (κ1) is 29.4. The van der Waals surface area contributed by atoms with Crippen LogP contribution >= 0.6 is 0 Å². The first-order valence-electron chi connectivity index (χ1n) is 13.9. The highest BCUT2D eigenvalue weighted by Crippen LogP contribution is 2.23. The number of carbonyl (C=O) groups is 1. The Morgan fingerprint density at radius 1 is 0.750 bits per heavy atom. The van der Waals surface area contributed by atoms with Crippen molar-refractivity contribution in [3.63, 3.8) is 0 Å². The van der Waals surface area contributed by atoms with Crippen molar-refractivity contribution in [2.24, 2.45) is 5.41 Å². The van der Waals surface area contributed by atoms with Crippen LogP contribution in [0.3, 0.4) is 0 Å². The summed E-state index contributed by atoms with van der Waals surface area (Å²) in [6.45, 7) is 7.96. The summed E-state index contributed by atoms with van der Waals surface area (Å²) in [4.78, 5) is 12.3. The van der Waals surface area contributed by atoms with Crippen molar-refractivity contribution in [2.75, 3.05) is 11.9 Å². The van der Waals surface area contributed by atoms with Crippen LogP contribution in [0.2, 0.25) is 0 Å². The molecule has 0 saturated carbocycles. The van der Waals surface area contributed by atoms with Crippen LogP contribution in [0.15, 0.2) is 48.5 Å². The fraction of sp³-hybridized carbons (Fsp3) is 0.562. The van der Waals surface area contributed by atoms with Crippen LogP contribution in [-0.2, 0) is 0 Å². The highest BCUT2D eigenvalue weighted by Gasteiger charge is 2.09. The van der Waals surface area contributed by atoms with E-state index < -0.39 is 5.97 Å². The molecule has 0 aromatic heterocycles. The lowest BCUT2D eigenvalue weighted by atomic mass is 9.89. The molecule has 2 aromatic carbocycles. The number of anilines is 1. The number of hydrogen-bond donors (Lipinski definition) is 1. The van der Waals surface area contributed by atoms with Crippen molar-refractivity contribution in [2.45, 2.75) is 104 Å². The van der Waals surface area contributed by atoms with Gasteiger partial charge in [-0.3, -0.25) is 0 Å². The van der Waals surface area contributed by atoms with E-state index in [2.05, 4.69) is 26.1 Å². The first-order chi connectivity index (χ1) is 17.4. The van der Waals surface area contributed by atoms with Crippen LogP contribution in [0.5, 0.6) is 5.75 Å². The molecule has 0 unspecified atom stereocenters. The Kier molecular flexibility index (Phi) is 13.7. The molecule has 196 valence electrons. The molecular weight excluding hydrogens is 444 g/mol. The smallest absolute Gasteiger partial charge is 0.343 e. The van der Waals surface area contributed by atoms with Crippen LogP contribution in [0.25, 0.3) is 0 Å². The predicted octanol–water partition coefficient (Wildman–Crippen LogP) is 9.31. The molecule has 0 bridgehead atoms. The summed E-state index contributed by atoms with van der Waals surface area (Å²) < 4.78 is 5.37. The summed E-state index contributed by atoms with van der Waals surface area (Å²) in [5, 5.41) is 12.3. The monoisotopic (exact) mass is 490 g/mol. The van der Waals surface area contributed by atoms with Gasteiger partial charge in [0.15, 0.2) is 0 Å². The number of ether oxygens (including phenoxy) is 1. The fourth-order valence-electron chi connectivity index (χ4n) is 4.27. The molecule has 0 spiro atoms. The lowest BCUT2D eigenvalue weighted by Gasteiger charge is -2.17. The summed E-state index contributed by atoms with van der Waals surface area (Å²) in [6, 6.07) is 16.0. The number of esters is 1. The Labute approximate surface area is 219 Å². The van der Waals surface area contributed by atoms with Crippen LogP contribution in [0, 0.1) is 16.7 Å². The molecule has 0 amide bonds. The van der Waals surface area contributed by atoms with Gasteiger partial charge >= 0.3 is 5.97 Å². The van der Waals surface area contributed by atoms with Crippen molar-refractivity contribution < 1.29 is 9.53 Å². The van der Waals surface area contributed by atoms with Crippen LogP contribution < -0.4 is 10.1 Å². The van der Waals surface area contributed by atoms with Gasteiger partial charge in [0.1, 0.15) is 5.75 Å². The van der Waals surface area contributed by atoms with E-state index in [0.29, 0.717) is 22.3 Å². The van der Waals surface area contributed by atoms with Gasteiger partial charge in [-0.05, 0) is 66.8 Å². The normalized spacial score (nSPS) is 11.2. The maximum atomic E-state index is 12.3. The van der Waals surface area contributed by atoms with Crippen LogP contribution in [0.4, 0.5) is 5.69 Å². The molecule has 0 heterocycles.